The van der Waals surface area contributed by atoms with E-state index in [1.165, 1.54) is 5.56 Å². The smallest absolute Gasteiger partial charge is 0.257 e. The average Bonchev–Trinajstić information content (AvgIpc) is 3.41. The van der Waals surface area contributed by atoms with E-state index < -0.39 is 0 Å². The highest BCUT2D eigenvalue weighted by Crippen LogP contribution is 2.34. The van der Waals surface area contributed by atoms with E-state index in [-0.39, 0.29) is 11.9 Å². The third-order valence-corrected chi connectivity index (χ3v) is 5.57. The molecule has 1 saturated heterocycles. The number of carbonyl (C=O) groups is 1. The maximum atomic E-state index is 13.0. The molecule has 3 aromatic rings. The van der Waals surface area contributed by atoms with Crippen LogP contribution in [0.3, 0.4) is 0 Å². The summed E-state index contributed by atoms with van der Waals surface area (Å²) < 4.78 is 5.87. The molecule has 0 N–H and O–H groups in total. The summed E-state index contributed by atoms with van der Waals surface area (Å²) in [7, 11) is 0. The van der Waals surface area contributed by atoms with Crippen molar-refractivity contribution >= 4 is 17.2 Å². The van der Waals surface area contributed by atoms with Crippen LogP contribution in [0.5, 0.6) is 0 Å². The molecule has 2 aromatic heterocycles. The van der Waals surface area contributed by atoms with E-state index in [1.807, 2.05) is 46.7 Å². The largest absolute Gasteiger partial charge is 0.418 e. The Morgan fingerprint density at radius 1 is 1.27 bits per heavy atom. The molecule has 5 nitrogen and oxygen atoms in total. The highest BCUT2D eigenvalue weighted by Gasteiger charge is 2.34. The zero-order valence-corrected chi connectivity index (χ0v) is 15.5. The molecule has 0 saturated carbocycles. The van der Waals surface area contributed by atoms with Crippen molar-refractivity contribution in [2.24, 2.45) is 0 Å². The zero-order valence-electron chi connectivity index (χ0n) is 14.7. The first-order valence-electron chi connectivity index (χ1n) is 9.03. The lowest BCUT2D eigenvalue weighted by atomic mass is 10.1. The summed E-state index contributed by atoms with van der Waals surface area (Å²) >= 11 is 1.56. The molecule has 3 heterocycles. The first-order valence-corrected chi connectivity index (χ1v) is 9.91. The summed E-state index contributed by atoms with van der Waals surface area (Å²) in [5.74, 6) is 1.09. The molecule has 4 rings (SSSR count). The van der Waals surface area contributed by atoms with E-state index in [1.54, 1.807) is 11.3 Å². The SMILES string of the molecule is CCCc1ccc(C(=O)N2CCCC2c2nnc(-c3cccs3)o2)cc1. The molecular formula is C20H21N3O2S. The van der Waals surface area contributed by atoms with Crippen LogP contribution >= 0.6 is 11.3 Å². The quantitative estimate of drug-likeness (QED) is 0.654. The molecule has 0 aliphatic carbocycles. The number of rotatable bonds is 5. The number of nitrogens with zero attached hydrogens (tertiary/aromatic N) is 3. The fraction of sp³-hybridized carbons (Fsp3) is 0.350. The Bertz CT molecular complexity index is 871. The van der Waals surface area contributed by atoms with Gasteiger partial charge in [-0.2, -0.15) is 0 Å². The zero-order chi connectivity index (χ0) is 17.9. The molecule has 0 radical (unpaired) electrons. The molecule has 134 valence electrons. The van der Waals surface area contributed by atoms with E-state index in [2.05, 4.69) is 17.1 Å². The second-order valence-electron chi connectivity index (χ2n) is 6.53. The highest BCUT2D eigenvalue weighted by molar-refractivity contribution is 7.13. The van der Waals surface area contributed by atoms with Gasteiger partial charge in [0.1, 0.15) is 6.04 Å². The van der Waals surface area contributed by atoms with Gasteiger partial charge in [0.2, 0.25) is 5.89 Å². The van der Waals surface area contributed by atoms with Crippen LogP contribution in [0.2, 0.25) is 0 Å². The predicted octanol–water partition coefficient (Wildman–Crippen LogP) is 4.73. The minimum absolute atomic E-state index is 0.0337. The van der Waals surface area contributed by atoms with Gasteiger partial charge in [0.15, 0.2) is 0 Å². The Morgan fingerprint density at radius 3 is 2.85 bits per heavy atom. The van der Waals surface area contributed by atoms with E-state index in [0.29, 0.717) is 11.8 Å². The minimum Gasteiger partial charge on any atom is -0.418 e. The molecule has 6 heteroatoms. The first kappa shape index (κ1) is 17.0. The normalized spacial score (nSPS) is 17.0. The van der Waals surface area contributed by atoms with Crippen LogP contribution in [0.1, 0.15) is 54.0 Å². The Morgan fingerprint density at radius 2 is 2.12 bits per heavy atom. The van der Waals surface area contributed by atoms with Gasteiger partial charge in [0.05, 0.1) is 4.88 Å². The second kappa shape index (κ2) is 7.41. The van der Waals surface area contributed by atoms with Crippen LogP contribution in [-0.4, -0.2) is 27.5 Å². The molecule has 1 aliphatic rings. The number of aromatic nitrogens is 2. The summed E-state index contributed by atoms with van der Waals surface area (Å²) in [4.78, 5) is 15.8. The van der Waals surface area contributed by atoms with E-state index >= 15 is 0 Å². The molecule has 1 atom stereocenters. The summed E-state index contributed by atoms with van der Waals surface area (Å²) in [5.41, 5.74) is 1.98. The first-order chi connectivity index (χ1) is 12.8. The van der Waals surface area contributed by atoms with Crippen molar-refractivity contribution in [3.8, 4) is 10.8 Å². The predicted molar refractivity (Wildman–Crippen MR) is 101 cm³/mol. The summed E-state index contributed by atoms with van der Waals surface area (Å²) in [5, 5.41) is 10.4. The van der Waals surface area contributed by atoms with E-state index in [4.69, 9.17) is 4.42 Å². The summed E-state index contributed by atoms with van der Waals surface area (Å²) in [6.07, 6.45) is 3.94. The third kappa shape index (κ3) is 3.29. The molecule has 1 amide bonds. The third-order valence-electron chi connectivity index (χ3n) is 4.71. The van der Waals surface area contributed by atoms with Crippen molar-refractivity contribution in [3.63, 3.8) is 0 Å². The molecule has 26 heavy (non-hydrogen) atoms. The number of thiophene rings is 1. The molecule has 0 spiro atoms. The van der Waals surface area contributed by atoms with Crippen LogP contribution in [0, 0.1) is 0 Å². The van der Waals surface area contributed by atoms with Gasteiger partial charge < -0.3 is 9.32 Å². The van der Waals surface area contributed by atoms with Gasteiger partial charge in [0, 0.05) is 12.1 Å². The number of amides is 1. The van der Waals surface area contributed by atoms with Gasteiger partial charge >= 0.3 is 0 Å². The number of benzene rings is 1. The van der Waals surface area contributed by atoms with Gasteiger partial charge in [-0.3, -0.25) is 4.79 Å². The second-order valence-corrected chi connectivity index (χ2v) is 7.47. The average molecular weight is 367 g/mol. The Kier molecular flexibility index (Phi) is 4.84. The fourth-order valence-electron chi connectivity index (χ4n) is 3.40. The maximum Gasteiger partial charge on any atom is 0.257 e. The topological polar surface area (TPSA) is 59.2 Å². The van der Waals surface area contributed by atoms with Crippen LogP contribution in [0.25, 0.3) is 10.8 Å². The number of carbonyl (C=O) groups excluding carboxylic acids is 1. The van der Waals surface area contributed by atoms with Crippen LogP contribution in [0.4, 0.5) is 0 Å². The van der Waals surface area contributed by atoms with Crippen molar-refractivity contribution in [2.45, 2.75) is 38.6 Å². The molecule has 0 bridgehead atoms. The number of aryl methyl sites for hydroxylation is 1. The van der Waals surface area contributed by atoms with Crippen LogP contribution in [-0.2, 0) is 6.42 Å². The van der Waals surface area contributed by atoms with Crippen molar-refractivity contribution in [1.82, 2.24) is 15.1 Å². The van der Waals surface area contributed by atoms with E-state index in [0.717, 1.165) is 42.7 Å². The number of hydrogen-bond acceptors (Lipinski definition) is 5. The lowest BCUT2D eigenvalue weighted by Crippen LogP contribution is -2.30. The van der Waals surface area contributed by atoms with Crippen molar-refractivity contribution in [2.75, 3.05) is 6.54 Å². The monoisotopic (exact) mass is 367 g/mol. The van der Waals surface area contributed by atoms with Crippen molar-refractivity contribution < 1.29 is 9.21 Å². The minimum atomic E-state index is -0.140. The van der Waals surface area contributed by atoms with Crippen LogP contribution in [0.15, 0.2) is 46.2 Å². The summed E-state index contributed by atoms with van der Waals surface area (Å²) in [6.45, 7) is 2.87. The number of hydrogen-bond donors (Lipinski definition) is 0. The molecule has 1 aromatic carbocycles. The van der Waals surface area contributed by atoms with E-state index in [9.17, 15) is 4.79 Å². The Balaban J connectivity index is 1.53. The molecule has 1 fully saturated rings. The lowest BCUT2D eigenvalue weighted by Gasteiger charge is -2.22. The van der Waals surface area contributed by atoms with Crippen LogP contribution < -0.4 is 0 Å². The molecule has 1 aliphatic heterocycles. The highest BCUT2D eigenvalue weighted by atomic mass is 32.1. The molecular weight excluding hydrogens is 346 g/mol. The van der Waals surface area contributed by atoms with Gasteiger partial charge in [-0.05, 0) is 48.4 Å². The maximum absolute atomic E-state index is 13.0. The Hall–Kier alpha value is -2.47. The van der Waals surface area contributed by atoms with Gasteiger partial charge in [-0.25, -0.2) is 0 Å². The van der Waals surface area contributed by atoms with Crippen molar-refractivity contribution in [3.05, 3.63) is 58.8 Å². The van der Waals surface area contributed by atoms with Gasteiger partial charge in [-0.1, -0.05) is 31.5 Å². The molecule has 1 unspecified atom stereocenters. The fourth-order valence-corrected chi connectivity index (χ4v) is 4.05. The van der Waals surface area contributed by atoms with Gasteiger partial charge in [-0.15, -0.1) is 21.5 Å². The standard InChI is InChI=1S/C20H21N3O2S/c1-2-5-14-8-10-15(11-9-14)20(24)23-12-3-6-16(23)18-21-22-19(25-18)17-7-4-13-26-17/h4,7-11,13,16H,2-3,5-6,12H2,1H3. The Labute approximate surface area is 156 Å². The lowest BCUT2D eigenvalue weighted by molar-refractivity contribution is 0.0716. The van der Waals surface area contributed by atoms with Crippen molar-refractivity contribution in [1.29, 1.82) is 0 Å². The number of likely N-dealkylation sites (tertiary alicyclic amines) is 1. The summed E-state index contributed by atoms with van der Waals surface area (Å²) in [6, 6.07) is 11.7. The van der Waals surface area contributed by atoms with Gasteiger partial charge in [0.25, 0.3) is 11.8 Å².